The lowest BCUT2D eigenvalue weighted by Gasteiger charge is -2.13. The third-order valence-electron chi connectivity index (χ3n) is 3.82. The highest BCUT2D eigenvalue weighted by Crippen LogP contribution is 2.33. The van der Waals surface area contributed by atoms with Gasteiger partial charge in [0.1, 0.15) is 5.82 Å². The molecule has 1 N–H and O–H groups in total. The Bertz CT molecular complexity index is 1010. The number of aromatic nitrogens is 2. The molecule has 0 atom stereocenters. The molecular weight excluding hydrogens is 421 g/mol. The van der Waals surface area contributed by atoms with Gasteiger partial charge in [0.05, 0.1) is 27.7 Å². The fraction of sp³-hybridized carbons (Fsp3) is 0.111. The molecule has 1 heterocycles. The first kappa shape index (κ1) is 20.2. The average Bonchev–Trinajstić information content (AvgIpc) is 3.02. The summed E-state index contributed by atoms with van der Waals surface area (Å²) in [5.74, 6) is -1.59. The molecule has 0 aliphatic heterocycles. The van der Waals surface area contributed by atoms with Crippen LogP contribution in [0.1, 0.15) is 21.5 Å². The van der Waals surface area contributed by atoms with Gasteiger partial charge in [0.15, 0.2) is 5.82 Å². The SMILES string of the molecule is O=C(Nc1ccn(Cc2c(F)cccc2C(F)(F)F)n1)c1c(Cl)cccc1Cl. The minimum atomic E-state index is -4.71. The Morgan fingerprint density at radius 3 is 2.36 bits per heavy atom. The van der Waals surface area contributed by atoms with Crippen LogP contribution in [0.15, 0.2) is 48.7 Å². The maximum atomic E-state index is 14.0. The molecule has 4 nitrogen and oxygen atoms in total. The minimum absolute atomic E-state index is 0.0360. The van der Waals surface area contributed by atoms with Crippen molar-refractivity contribution in [1.82, 2.24) is 9.78 Å². The second-order valence-electron chi connectivity index (χ2n) is 5.71. The molecule has 0 fully saturated rings. The van der Waals surface area contributed by atoms with Crippen molar-refractivity contribution >= 4 is 34.9 Å². The minimum Gasteiger partial charge on any atom is -0.305 e. The van der Waals surface area contributed by atoms with Crippen LogP contribution in [0.5, 0.6) is 0 Å². The van der Waals surface area contributed by atoms with E-state index < -0.39 is 35.6 Å². The number of carbonyl (C=O) groups excluding carboxylic acids is 1. The number of hydrogen-bond acceptors (Lipinski definition) is 2. The molecule has 3 aromatic rings. The number of alkyl halides is 3. The van der Waals surface area contributed by atoms with Crippen LogP contribution in [-0.2, 0) is 12.7 Å². The molecule has 0 spiro atoms. The van der Waals surface area contributed by atoms with Crippen LogP contribution in [0, 0.1) is 5.82 Å². The van der Waals surface area contributed by atoms with Crippen molar-refractivity contribution in [2.75, 3.05) is 5.32 Å². The molecule has 0 saturated carbocycles. The summed E-state index contributed by atoms with van der Waals surface area (Å²) in [6, 6.07) is 8.62. The fourth-order valence-electron chi connectivity index (χ4n) is 2.56. The zero-order chi connectivity index (χ0) is 20.5. The van der Waals surface area contributed by atoms with Gasteiger partial charge in [-0.2, -0.15) is 18.3 Å². The number of amides is 1. The zero-order valence-electron chi connectivity index (χ0n) is 13.9. The van der Waals surface area contributed by atoms with Gasteiger partial charge in [-0.1, -0.05) is 35.3 Å². The summed E-state index contributed by atoms with van der Waals surface area (Å²) in [6.07, 6.45) is -3.39. The zero-order valence-corrected chi connectivity index (χ0v) is 15.4. The van der Waals surface area contributed by atoms with Crippen molar-refractivity contribution in [2.45, 2.75) is 12.7 Å². The van der Waals surface area contributed by atoms with Crippen molar-refractivity contribution in [3.8, 4) is 0 Å². The lowest BCUT2D eigenvalue weighted by molar-refractivity contribution is -0.138. The molecule has 10 heteroatoms. The fourth-order valence-corrected chi connectivity index (χ4v) is 3.13. The number of carbonyl (C=O) groups is 1. The number of halogens is 6. The summed E-state index contributed by atoms with van der Waals surface area (Å²) in [5.41, 5.74) is -1.60. The van der Waals surface area contributed by atoms with Crippen molar-refractivity contribution in [2.24, 2.45) is 0 Å². The standard InChI is InChI=1S/C18H11Cl2F4N3O/c19-12-4-2-5-13(20)16(12)17(28)25-15-7-8-27(26-15)9-10-11(18(22,23)24)3-1-6-14(10)21/h1-8H,9H2,(H,25,26,28). The lowest BCUT2D eigenvalue weighted by Crippen LogP contribution is -2.15. The van der Waals surface area contributed by atoms with Crippen molar-refractivity contribution in [1.29, 1.82) is 0 Å². The maximum Gasteiger partial charge on any atom is 0.416 e. The topological polar surface area (TPSA) is 46.9 Å². The van der Waals surface area contributed by atoms with Gasteiger partial charge in [0.2, 0.25) is 0 Å². The molecule has 0 unspecified atom stereocenters. The highest BCUT2D eigenvalue weighted by atomic mass is 35.5. The number of rotatable bonds is 4. The Balaban J connectivity index is 1.82. The van der Waals surface area contributed by atoms with E-state index in [1.807, 2.05) is 0 Å². The summed E-state index contributed by atoms with van der Waals surface area (Å²) in [6.45, 7) is -0.468. The number of anilines is 1. The molecule has 28 heavy (non-hydrogen) atoms. The summed E-state index contributed by atoms with van der Waals surface area (Å²) in [7, 11) is 0. The van der Waals surface area contributed by atoms with E-state index in [1.165, 1.54) is 24.4 Å². The Labute approximate surface area is 166 Å². The number of benzene rings is 2. The molecule has 0 aliphatic carbocycles. The Morgan fingerprint density at radius 2 is 1.71 bits per heavy atom. The predicted molar refractivity (Wildman–Crippen MR) is 97.1 cm³/mol. The first-order chi connectivity index (χ1) is 13.2. The van der Waals surface area contributed by atoms with Crippen LogP contribution in [0.3, 0.4) is 0 Å². The van der Waals surface area contributed by atoms with E-state index in [0.29, 0.717) is 0 Å². The van der Waals surface area contributed by atoms with E-state index >= 15 is 0 Å². The molecule has 146 valence electrons. The highest BCUT2D eigenvalue weighted by molar-refractivity contribution is 6.40. The first-order valence-electron chi connectivity index (χ1n) is 7.80. The summed E-state index contributed by atoms with van der Waals surface area (Å²) < 4.78 is 54.3. The monoisotopic (exact) mass is 431 g/mol. The van der Waals surface area contributed by atoms with Gasteiger partial charge < -0.3 is 5.32 Å². The van der Waals surface area contributed by atoms with Gasteiger partial charge >= 0.3 is 6.18 Å². The average molecular weight is 432 g/mol. The van der Waals surface area contributed by atoms with Gasteiger partial charge in [-0.25, -0.2) is 4.39 Å². The lowest BCUT2D eigenvalue weighted by atomic mass is 10.1. The summed E-state index contributed by atoms with van der Waals surface area (Å²) in [5, 5.41) is 6.67. The van der Waals surface area contributed by atoms with Crippen LogP contribution in [0.2, 0.25) is 10.0 Å². The normalized spacial score (nSPS) is 11.5. The van der Waals surface area contributed by atoms with Crippen LogP contribution in [0.25, 0.3) is 0 Å². The quantitative estimate of drug-likeness (QED) is 0.542. The van der Waals surface area contributed by atoms with E-state index in [0.717, 1.165) is 22.9 Å². The second-order valence-corrected chi connectivity index (χ2v) is 6.53. The van der Waals surface area contributed by atoms with Crippen molar-refractivity contribution in [3.05, 3.63) is 81.2 Å². The number of hydrogen-bond donors (Lipinski definition) is 1. The van der Waals surface area contributed by atoms with E-state index in [-0.39, 0.29) is 21.4 Å². The first-order valence-corrected chi connectivity index (χ1v) is 8.56. The molecule has 1 amide bonds. The van der Waals surface area contributed by atoms with E-state index in [9.17, 15) is 22.4 Å². The van der Waals surface area contributed by atoms with Gasteiger partial charge in [-0.3, -0.25) is 9.48 Å². The van der Waals surface area contributed by atoms with Crippen LogP contribution in [0.4, 0.5) is 23.4 Å². The van der Waals surface area contributed by atoms with Crippen LogP contribution >= 0.6 is 23.2 Å². The number of nitrogens with one attached hydrogen (secondary N) is 1. The molecule has 3 rings (SSSR count). The Kier molecular flexibility index (Phi) is 5.62. The van der Waals surface area contributed by atoms with Gasteiger partial charge in [-0.15, -0.1) is 0 Å². The van der Waals surface area contributed by atoms with Gasteiger partial charge in [0.25, 0.3) is 5.91 Å². The van der Waals surface area contributed by atoms with E-state index in [4.69, 9.17) is 23.2 Å². The molecule has 0 bridgehead atoms. The third kappa shape index (κ3) is 4.28. The van der Waals surface area contributed by atoms with Crippen molar-refractivity contribution in [3.63, 3.8) is 0 Å². The molecule has 1 aromatic heterocycles. The second kappa shape index (κ2) is 7.81. The number of nitrogens with zero attached hydrogens (tertiary/aromatic N) is 2. The smallest absolute Gasteiger partial charge is 0.305 e. The Hall–Kier alpha value is -2.58. The van der Waals surface area contributed by atoms with E-state index in [2.05, 4.69) is 10.4 Å². The molecular formula is C18H11Cl2F4N3O. The largest absolute Gasteiger partial charge is 0.416 e. The van der Waals surface area contributed by atoms with E-state index in [1.54, 1.807) is 6.07 Å². The van der Waals surface area contributed by atoms with Crippen LogP contribution in [-0.4, -0.2) is 15.7 Å². The highest BCUT2D eigenvalue weighted by Gasteiger charge is 2.34. The Morgan fingerprint density at radius 1 is 1.07 bits per heavy atom. The van der Waals surface area contributed by atoms with Gasteiger partial charge in [-0.05, 0) is 24.3 Å². The third-order valence-corrected chi connectivity index (χ3v) is 4.45. The predicted octanol–water partition coefficient (Wildman–Crippen LogP) is 5.65. The molecule has 0 aliphatic rings. The van der Waals surface area contributed by atoms with Crippen molar-refractivity contribution < 1.29 is 22.4 Å². The molecule has 0 saturated heterocycles. The van der Waals surface area contributed by atoms with Gasteiger partial charge in [0, 0.05) is 17.8 Å². The van der Waals surface area contributed by atoms with Crippen LogP contribution < -0.4 is 5.32 Å². The molecule has 0 radical (unpaired) electrons. The summed E-state index contributed by atoms with van der Waals surface area (Å²) >= 11 is 11.9. The molecule has 2 aromatic carbocycles. The maximum absolute atomic E-state index is 14.0. The summed E-state index contributed by atoms with van der Waals surface area (Å²) in [4.78, 5) is 12.3.